The summed E-state index contributed by atoms with van der Waals surface area (Å²) in [6.07, 6.45) is 4.57. The highest BCUT2D eigenvalue weighted by Crippen LogP contribution is 2.27. The van der Waals surface area contributed by atoms with Crippen LogP contribution in [0.5, 0.6) is 0 Å². The van der Waals surface area contributed by atoms with E-state index in [1.807, 2.05) is 25.7 Å². The predicted octanol–water partition coefficient (Wildman–Crippen LogP) is 0.582. The van der Waals surface area contributed by atoms with E-state index in [-0.39, 0.29) is 31.3 Å². The summed E-state index contributed by atoms with van der Waals surface area (Å²) in [5.74, 6) is -3.11. The number of unbranched alkanes of at least 4 members (excludes halogenated alkanes) is 1. The van der Waals surface area contributed by atoms with Crippen LogP contribution >= 0.6 is 0 Å². The van der Waals surface area contributed by atoms with Crippen LogP contribution in [0, 0.1) is 11.8 Å². The number of aliphatic hydroxyl groups excluding tert-OH is 1. The Hall–Kier alpha value is -2.84. The van der Waals surface area contributed by atoms with Crippen molar-refractivity contribution in [2.75, 3.05) is 33.4 Å². The van der Waals surface area contributed by atoms with E-state index >= 15 is 0 Å². The molecule has 5 amide bonds. The summed E-state index contributed by atoms with van der Waals surface area (Å²) in [6, 6.07) is -6.01. The molecule has 1 unspecified atom stereocenters. The van der Waals surface area contributed by atoms with Crippen molar-refractivity contribution in [3.63, 3.8) is 0 Å². The normalized spacial score (nSPS) is 29.4. The first-order valence-corrected chi connectivity index (χ1v) is 17.4. The number of hydrogen-bond acceptors (Lipinski definition) is 8. The molecule has 0 spiro atoms. The number of nitrogens with one attached hydrogen (secondary N) is 4. The van der Waals surface area contributed by atoms with Crippen LogP contribution in [-0.4, -0.2) is 120 Å². The SMILES string of the molecule is CCCCN1C[C@@H](C)NC(=O)[C@H]([C@H](C)O)NC(=O)[C@H](CN)NC(=O)C(C2CCCCC2)NC(=O)[C@H](CC(C)C)N(C)C(=O)[C@@H]1CCF. The van der Waals surface area contributed by atoms with E-state index in [4.69, 9.17) is 5.73 Å². The first-order valence-electron chi connectivity index (χ1n) is 17.4. The molecule has 1 aliphatic carbocycles. The summed E-state index contributed by atoms with van der Waals surface area (Å²) in [6.45, 7) is 8.52. The molecule has 1 saturated carbocycles. The zero-order chi connectivity index (χ0) is 35.3. The summed E-state index contributed by atoms with van der Waals surface area (Å²) in [5, 5.41) is 21.4. The number of nitrogens with zero attached hydrogens (tertiary/aromatic N) is 2. The van der Waals surface area contributed by atoms with Crippen LogP contribution in [0.1, 0.15) is 92.4 Å². The van der Waals surface area contributed by atoms with Crippen molar-refractivity contribution in [1.29, 1.82) is 0 Å². The van der Waals surface area contributed by atoms with Crippen LogP contribution in [0.15, 0.2) is 0 Å². The third-order valence-electron chi connectivity index (χ3n) is 9.25. The number of nitrogens with two attached hydrogens (primary N) is 1. The van der Waals surface area contributed by atoms with Crippen LogP contribution < -0.4 is 27.0 Å². The molecule has 0 bridgehead atoms. The van der Waals surface area contributed by atoms with Gasteiger partial charge in [-0.05, 0) is 57.9 Å². The maximum absolute atomic E-state index is 14.2. The van der Waals surface area contributed by atoms with Crippen molar-refractivity contribution < 1.29 is 33.5 Å². The lowest BCUT2D eigenvalue weighted by atomic mass is 9.83. The van der Waals surface area contributed by atoms with E-state index in [0.29, 0.717) is 32.2 Å². The summed E-state index contributed by atoms with van der Waals surface area (Å²) in [4.78, 5) is 72.0. The number of carbonyl (C=O) groups is 5. The molecule has 0 aromatic heterocycles. The molecule has 47 heavy (non-hydrogen) atoms. The maximum Gasteiger partial charge on any atom is 0.245 e. The van der Waals surface area contributed by atoms with E-state index in [0.717, 1.165) is 25.7 Å². The summed E-state index contributed by atoms with van der Waals surface area (Å²) in [5.41, 5.74) is 5.91. The first-order chi connectivity index (χ1) is 22.2. The highest BCUT2D eigenvalue weighted by Gasteiger charge is 2.39. The molecule has 2 fully saturated rings. The molecule has 13 nitrogen and oxygen atoms in total. The minimum Gasteiger partial charge on any atom is -0.391 e. The second kappa shape index (κ2) is 19.9. The molecule has 270 valence electrons. The van der Waals surface area contributed by atoms with Crippen LogP contribution in [0.4, 0.5) is 4.39 Å². The van der Waals surface area contributed by atoms with E-state index in [2.05, 4.69) is 21.3 Å². The van der Waals surface area contributed by atoms with Crippen molar-refractivity contribution >= 4 is 29.5 Å². The predicted molar refractivity (Wildman–Crippen MR) is 178 cm³/mol. The van der Waals surface area contributed by atoms with Crippen LogP contribution in [0.2, 0.25) is 0 Å². The Bertz CT molecular complexity index is 1040. The van der Waals surface area contributed by atoms with E-state index in [9.17, 15) is 33.5 Å². The van der Waals surface area contributed by atoms with Crippen molar-refractivity contribution in [2.24, 2.45) is 17.6 Å². The molecule has 0 radical (unpaired) electrons. The fraction of sp³-hybridized carbons (Fsp3) is 0.848. The number of amides is 5. The molecule has 14 heteroatoms. The minimum atomic E-state index is -1.36. The van der Waals surface area contributed by atoms with Gasteiger partial charge in [0.1, 0.15) is 24.2 Å². The lowest BCUT2D eigenvalue weighted by Crippen LogP contribution is -2.64. The van der Waals surface area contributed by atoms with Gasteiger partial charge in [0.2, 0.25) is 29.5 Å². The Morgan fingerprint density at radius 2 is 1.57 bits per heavy atom. The molecule has 1 heterocycles. The standard InChI is InChI=1S/C33H60FN7O6/c1-7-8-16-41-19-21(4)36-31(45)27(22(5)42)38-29(43)24(18-35)37-32(46)28(23-12-10-9-11-13-23)39-30(44)26(17-20(2)3)40(6)33(47)25(41)14-15-34/h20-28,42H,7-19,35H2,1-6H3,(H,36,45)(H,37,46)(H,38,43)(H,39,44)/t21-,22+,24+,25+,26+,27+,28?/m1/s1. The average molecular weight is 670 g/mol. The number of aliphatic hydroxyl groups is 1. The Kier molecular flexibility index (Phi) is 17.0. The van der Waals surface area contributed by atoms with Gasteiger partial charge in [0.15, 0.2) is 0 Å². The molecule has 7 N–H and O–H groups in total. The lowest BCUT2D eigenvalue weighted by molar-refractivity contribution is -0.145. The zero-order valence-electron chi connectivity index (χ0n) is 29.2. The average Bonchev–Trinajstić information content (AvgIpc) is 3.03. The van der Waals surface area contributed by atoms with Gasteiger partial charge >= 0.3 is 0 Å². The Labute approximate surface area is 279 Å². The largest absolute Gasteiger partial charge is 0.391 e. The molecule has 1 saturated heterocycles. The van der Waals surface area contributed by atoms with Crippen LogP contribution in [0.25, 0.3) is 0 Å². The molecular formula is C33H60FN7O6. The van der Waals surface area contributed by atoms with E-state index in [1.54, 1.807) is 14.0 Å². The van der Waals surface area contributed by atoms with Crippen LogP contribution in [0.3, 0.4) is 0 Å². The Morgan fingerprint density at radius 3 is 2.13 bits per heavy atom. The van der Waals surface area contributed by atoms with Crippen molar-refractivity contribution in [2.45, 2.75) is 135 Å². The van der Waals surface area contributed by atoms with Gasteiger partial charge in [-0.3, -0.25) is 33.3 Å². The first kappa shape index (κ1) is 40.3. The number of hydrogen-bond donors (Lipinski definition) is 6. The van der Waals surface area contributed by atoms with Crippen molar-refractivity contribution in [1.82, 2.24) is 31.1 Å². The number of likely N-dealkylation sites (N-methyl/N-ethyl adjacent to an activating group) is 1. The topological polar surface area (TPSA) is 186 Å². The summed E-state index contributed by atoms with van der Waals surface area (Å²) in [7, 11) is 1.54. The molecule has 0 aromatic carbocycles. The van der Waals surface area contributed by atoms with Gasteiger partial charge in [-0.1, -0.05) is 46.5 Å². The molecule has 2 aliphatic rings. The fourth-order valence-electron chi connectivity index (χ4n) is 6.57. The van der Waals surface area contributed by atoms with Crippen molar-refractivity contribution in [3.8, 4) is 0 Å². The van der Waals surface area contributed by atoms with Crippen molar-refractivity contribution in [3.05, 3.63) is 0 Å². The van der Waals surface area contributed by atoms with Gasteiger partial charge in [-0.2, -0.15) is 0 Å². The molecule has 0 aromatic rings. The molecule has 7 atom stereocenters. The fourth-order valence-corrected chi connectivity index (χ4v) is 6.57. The second-order valence-corrected chi connectivity index (χ2v) is 13.8. The second-order valence-electron chi connectivity index (χ2n) is 13.8. The summed E-state index contributed by atoms with van der Waals surface area (Å²) < 4.78 is 14.0. The van der Waals surface area contributed by atoms with Gasteiger partial charge in [-0.15, -0.1) is 0 Å². The Morgan fingerprint density at radius 1 is 0.915 bits per heavy atom. The summed E-state index contributed by atoms with van der Waals surface area (Å²) >= 11 is 0. The third-order valence-corrected chi connectivity index (χ3v) is 9.25. The molecular weight excluding hydrogens is 609 g/mol. The zero-order valence-corrected chi connectivity index (χ0v) is 29.2. The monoisotopic (exact) mass is 669 g/mol. The van der Waals surface area contributed by atoms with Gasteiger partial charge in [0.05, 0.1) is 18.8 Å². The Balaban J connectivity index is 2.64. The third kappa shape index (κ3) is 12.0. The molecule has 2 rings (SSSR count). The quantitative estimate of drug-likeness (QED) is 0.195. The highest BCUT2D eigenvalue weighted by molar-refractivity contribution is 5.96. The van der Waals surface area contributed by atoms with Gasteiger partial charge in [-0.25, -0.2) is 0 Å². The number of carbonyl (C=O) groups excluding carboxylic acids is 5. The smallest absolute Gasteiger partial charge is 0.245 e. The number of alkyl halides is 1. The van der Waals surface area contributed by atoms with E-state index in [1.165, 1.54) is 11.8 Å². The number of halogens is 1. The minimum absolute atomic E-state index is 0.0130. The van der Waals surface area contributed by atoms with Gasteiger partial charge in [0.25, 0.3) is 0 Å². The highest BCUT2D eigenvalue weighted by atomic mass is 19.1. The number of rotatable bonds is 10. The maximum atomic E-state index is 14.2. The lowest BCUT2D eigenvalue weighted by Gasteiger charge is -2.38. The van der Waals surface area contributed by atoms with Gasteiger partial charge < -0.3 is 37.0 Å². The van der Waals surface area contributed by atoms with E-state index < -0.39 is 78.6 Å². The van der Waals surface area contributed by atoms with Crippen LogP contribution in [-0.2, 0) is 24.0 Å². The molecule has 1 aliphatic heterocycles. The van der Waals surface area contributed by atoms with Gasteiger partial charge in [0, 0.05) is 32.6 Å².